The lowest BCUT2D eigenvalue weighted by Gasteiger charge is -2.02. The third kappa shape index (κ3) is 1.73. The van der Waals surface area contributed by atoms with Crippen LogP contribution in [0.3, 0.4) is 0 Å². The van der Waals surface area contributed by atoms with E-state index in [0.29, 0.717) is 5.02 Å². The molecule has 0 aliphatic carbocycles. The molecule has 1 atom stereocenters. The van der Waals surface area contributed by atoms with Crippen LogP contribution in [-0.4, -0.2) is 11.1 Å². The van der Waals surface area contributed by atoms with Crippen LogP contribution in [0.1, 0.15) is 5.56 Å². The number of nitrogens with zero attached hydrogens (tertiary/aromatic N) is 3. The Balaban J connectivity index is 2.37. The van der Waals surface area contributed by atoms with Gasteiger partial charge in [0.15, 0.2) is 5.37 Å². The maximum absolute atomic E-state index is 5.83. The minimum absolute atomic E-state index is 0.265. The topological polar surface area (TPSA) is 37.1 Å². The van der Waals surface area contributed by atoms with E-state index in [4.69, 9.17) is 11.6 Å². The Hall–Kier alpha value is -0.870. The van der Waals surface area contributed by atoms with E-state index < -0.39 is 0 Å². The second kappa shape index (κ2) is 3.47. The summed E-state index contributed by atoms with van der Waals surface area (Å²) in [5.41, 5.74) is 1.66. The van der Waals surface area contributed by atoms with E-state index in [-0.39, 0.29) is 5.37 Å². The SMILES string of the molecule is SC1N=NN=C1c1cccc(Cl)c1. The molecule has 0 spiro atoms. The van der Waals surface area contributed by atoms with Gasteiger partial charge in [-0.2, -0.15) is 0 Å². The van der Waals surface area contributed by atoms with E-state index in [1.165, 1.54) is 0 Å². The molecule has 66 valence electrons. The predicted octanol–water partition coefficient (Wildman–Crippen LogP) is 2.77. The quantitative estimate of drug-likeness (QED) is 0.694. The second-order valence-corrected chi connectivity index (χ2v) is 3.50. The first kappa shape index (κ1) is 8.72. The van der Waals surface area contributed by atoms with Gasteiger partial charge in [-0.05, 0) is 17.4 Å². The van der Waals surface area contributed by atoms with Crippen molar-refractivity contribution in [3.05, 3.63) is 34.9 Å². The van der Waals surface area contributed by atoms with Gasteiger partial charge >= 0.3 is 0 Å². The number of hydrogen-bond acceptors (Lipinski definition) is 4. The molecule has 0 bridgehead atoms. The fraction of sp³-hybridized carbons (Fsp3) is 0.125. The number of benzene rings is 1. The normalized spacial score (nSPS) is 20.5. The fourth-order valence-electron chi connectivity index (χ4n) is 1.08. The van der Waals surface area contributed by atoms with Crippen molar-refractivity contribution in [3.8, 4) is 0 Å². The first-order valence-corrected chi connectivity index (χ1v) is 4.58. The number of thiol groups is 1. The zero-order chi connectivity index (χ0) is 9.26. The van der Waals surface area contributed by atoms with Gasteiger partial charge in [-0.1, -0.05) is 23.7 Å². The summed E-state index contributed by atoms with van der Waals surface area (Å²) >= 11 is 10.0. The van der Waals surface area contributed by atoms with E-state index in [2.05, 4.69) is 28.1 Å². The lowest BCUT2D eigenvalue weighted by atomic mass is 10.1. The highest BCUT2D eigenvalue weighted by molar-refractivity contribution is 7.81. The van der Waals surface area contributed by atoms with Crippen LogP contribution in [0.5, 0.6) is 0 Å². The van der Waals surface area contributed by atoms with Crippen molar-refractivity contribution in [2.24, 2.45) is 15.4 Å². The predicted molar refractivity (Wildman–Crippen MR) is 55.6 cm³/mol. The van der Waals surface area contributed by atoms with Crippen LogP contribution in [0, 0.1) is 0 Å². The highest BCUT2D eigenvalue weighted by Gasteiger charge is 2.17. The Morgan fingerprint density at radius 3 is 2.85 bits per heavy atom. The van der Waals surface area contributed by atoms with E-state index in [9.17, 15) is 0 Å². The van der Waals surface area contributed by atoms with Gasteiger partial charge in [0.25, 0.3) is 0 Å². The van der Waals surface area contributed by atoms with Gasteiger partial charge in [-0.25, -0.2) is 0 Å². The van der Waals surface area contributed by atoms with Gasteiger partial charge in [0, 0.05) is 10.6 Å². The van der Waals surface area contributed by atoms with E-state index >= 15 is 0 Å². The Morgan fingerprint density at radius 2 is 2.23 bits per heavy atom. The second-order valence-electron chi connectivity index (χ2n) is 2.57. The first-order chi connectivity index (χ1) is 6.27. The van der Waals surface area contributed by atoms with Crippen LogP contribution < -0.4 is 0 Å². The monoisotopic (exact) mass is 211 g/mol. The highest BCUT2D eigenvalue weighted by Crippen LogP contribution is 2.19. The lowest BCUT2D eigenvalue weighted by molar-refractivity contribution is 1.03. The zero-order valence-corrected chi connectivity index (χ0v) is 8.20. The summed E-state index contributed by atoms with van der Waals surface area (Å²) in [5, 5.41) is 11.6. The average Bonchev–Trinajstić information content (AvgIpc) is 2.51. The fourth-order valence-corrected chi connectivity index (χ4v) is 1.52. The molecule has 1 aromatic carbocycles. The molecule has 0 saturated heterocycles. The minimum Gasteiger partial charge on any atom is -0.148 e. The summed E-state index contributed by atoms with van der Waals surface area (Å²) < 4.78 is 0. The lowest BCUT2D eigenvalue weighted by Crippen LogP contribution is -2.09. The minimum atomic E-state index is -0.265. The molecule has 1 aliphatic rings. The molecule has 1 aliphatic heterocycles. The third-order valence-electron chi connectivity index (χ3n) is 1.68. The van der Waals surface area contributed by atoms with Crippen LogP contribution in [-0.2, 0) is 0 Å². The largest absolute Gasteiger partial charge is 0.160 e. The molecule has 1 aromatic rings. The molecule has 0 radical (unpaired) electrons. The summed E-state index contributed by atoms with van der Waals surface area (Å²) in [4.78, 5) is 0. The Bertz CT molecular complexity index is 389. The maximum Gasteiger partial charge on any atom is 0.160 e. The van der Waals surface area contributed by atoms with Crippen LogP contribution in [0.2, 0.25) is 5.02 Å². The smallest absolute Gasteiger partial charge is 0.148 e. The molecule has 2 rings (SSSR count). The molecular formula is C8H6ClN3S. The van der Waals surface area contributed by atoms with E-state index in [1.807, 2.05) is 24.3 Å². The molecule has 1 heterocycles. The first-order valence-electron chi connectivity index (χ1n) is 3.69. The molecule has 13 heavy (non-hydrogen) atoms. The molecule has 0 fully saturated rings. The van der Waals surface area contributed by atoms with Gasteiger partial charge < -0.3 is 0 Å². The van der Waals surface area contributed by atoms with Crippen molar-refractivity contribution in [1.82, 2.24) is 0 Å². The van der Waals surface area contributed by atoms with Crippen molar-refractivity contribution < 1.29 is 0 Å². The van der Waals surface area contributed by atoms with Crippen LogP contribution in [0.4, 0.5) is 0 Å². The van der Waals surface area contributed by atoms with Gasteiger partial charge in [0.1, 0.15) is 5.71 Å². The summed E-state index contributed by atoms with van der Waals surface area (Å²) in [5.74, 6) is 0. The Kier molecular flexibility index (Phi) is 2.33. The van der Waals surface area contributed by atoms with Crippen molar-refractivity contribution in [2.75, 3.05) is 0 Å². The summed E-state index contributed by atoms with van der Waals surface area (Å²) in [7, 11) is 0. The molecule has 0 saturated carbocycles. The van der Waals surface area contributed by atoms with E-state index in [1.54, 1.807) is 0 Å². The zero-order valence-electron chi connectivity index (χ0n) is 6.55. The van der Waals surface area contributed by atoms with Crippen molar-refractivity contribution in [2.45, 2.75) is 5.37 Å². The standard InChI is InChI=1S/C8H6ClN3S/c9-6-3-1-2-5(4-6)7-8(13)11-12-10-7/h1-4,8,13H. The third-order valence-corrected chi connectivity index (χ3v) is 2.26. The van der Waals surface area contributed by atoms with Crippen molar-refractivity contribution >= 4 is 29.9 Å². The summed E-state index contributed by atoms with van der Waals surface area (Å²) in [6.45, 7) is 0. The van der Waals surface area contributed by atoms with Gasteiger partial charge in [0.2, 0.25) is 0 Å². The van der Waals surface area contributed by atoms with E-state index in [0.717, 1.165) is 11.3 Å². The molecule has 5 heteroatoms. The van der Waals surface area contributed by atoms with Crippen molar-refractivity contribution in [1.29, 1.82) is 0 Å². The van der Waals surface area contributed by atoms with Crippen LogP contribution >= 0.6 is 24.2 Å². The highest BCUT2D eigenvalue weighted by atomic mass is 35.5. The molecule has 0 N–H and O–H groups in total. The Morgan fingerprint density at radius 1 is 1.38 bits per heavy atom. The van der Waals surface area contributed by atoms with Gasteiger partial charge in [0.05, 0.1) is 0 Å². The van der Waals surface area contributed by atoms with Crippen LogP contribution in [0.15, 0.2) is 39.7 Å². The Labute approximate surface area is 85.9 Å². The number of rotatable bonds is 1. The summed E-state index contributed by atoms with van der Waals surface area (Å²) in [6, 6.07) is 7.39. The van der Waals surface area contributed by atoms with Gasteiger partial charge in [-0.15, -0.1) is 22.8 Å². The summed E-state index contributed by atoms with van der Waals surface area (Å²) in [6.07, 6.45) is 0. The maximum atomic E-state index is 5.83. The molecule has 3 nitrogen and oxygen atoms in total. The van der Waals surface area contributed by atoms with Gasteiger partial charge in [-0.3, -0.25) is 0 Å². The molecular weight excluding hydrogens is 206 g/mol. The molecule has 0 aromatic heterocycles. The molecule has 0 amide bonds. The van der Waals surface area contributed by atoms with Crippen LogP contribution in [0.25, 0.3) is 0 Å². The molecule has 1 unspecified atom stereocenters. The number of hydrogen-bond donors (Lipinski definition) is 1. The number of halogens is 1. The average molecular weight is 212 g/mol. The van der Waals surface area contributed by atoms with Crippen molar-refractivity contribution in [3.63, 3.8) is 0 Å².